The van der Waals surface area contributed by atoms with Crippen LogP contribution in [0.5, 0.6) is 17.2 Å². The summed E-state index contributed by atoms with van der Waals surface area (Å²) in [5.41, 5.74) is 4.23. The molecule has 0 heterocycles. The van der Waals surface area contributed by atoms with Gasteiger partial charge in [0, 0.05) is 6.07 Å². The van der Waals surface area contributed by atoms with Crippen LogP contribution in [-0.2, 0) is 14.8 Å². The van der Waals surface area contributed by atoms with Gasteiger partial charge in [-0.25, -0.2) is 13.8 Å². The predicted molar refractivity (Wildman–Crippen MR) is 143 cm³/mol. The van der Waals surface area contributed by atoms with Gasteiger partial charge < -0.3 is 14.2 Å². The Morgan fingerprint density at radius 1 is 0.973 bits per heavy atom. The van der Waals surface area contributed by atoms with E-state index < -0.39 is 22.5 Å². The van der Waals surface area contributed by atoms with Crippen LogP contribution in [0, 0.1) is 6.92 Å². The molecule has 0 aliphatic rings. The van der Waals surface area contributed by atoms with E-state index in [2.05, 4.69) is 10.5 Å². The highest BCUT2D eigenvalue weighted by molar-refractivity contribution is 7.92. The minimum atomic E-state index is -4.12. The summed E-state index contributed by atoms with van der Waals surface area (Å²) in [7, 11) is -1.21. The number of sulfonamides is 1. The minimum absolute atomic E-state index is 0.0395. The van der Waals surface area contributed by atoms with E-state index in [1.807, 2.05) is 26.0 Å². The zero-order chi connectivity index (χ0) is 26.8. The largest absolute Gasteiger partial charge is 0.497 e. The molecule has 3 aromatic carbocycles. The zero-order valence-corrected chi connectivity index (χ0v) is 22.1. The van der Waals surface area contributed by atoms with Crippen molar-refractivity contribution in [2.45, 2.75) is 25.2 Å². The Bertz CT molecular complexity index is 1320. The van der Waals surface area contributed by atoms with Crippen LogP contribution in [0.4, 0.5) is 5.69 Å². The van der Waals surface area contributed by atoms with Crippen LogP contribution >= 0.6 is 0 Å². The quantitative estimate of drug-likeness (QED) is 0.281. The van der Waals surface area contributed by atoms with Gasteiger partial charge in [-0.15, -0.1) is 0 Å². The topological polar surface area (TPSA) is 107 Å². The molecule has 1 amide bonds. The van der Waals surface area contributed by atoms with Crippen LogP contribution < -0.4 is 23.9 Å². The molecular weight excluding hydrogens is 494 g/mol. The lowest BCUT2D eigenvalue weighted by molar-refractivity contribution is -0.119. The van der Waals surface area contributed by atoms with Crippen molar-refractivity contribution >= 4 is 27.8 Å². The summed E-state index contributed by atoms with van der Waals surface area (Å²) >= 11 is 0. The number of hydrazone groups is 1. The molecule has 0 atom stereocenters. The van der Waals surface area contributed by atoms with E-state index in [0.29, 0.717) is 12.4 Å². The fraction of sp³-hybridized carbons (Fsp3) is 0.259. The number of anilines is 1. The highest BCUT2D eigenvalue weighted by Gasteiger charge is 2.29. The monoisotopic (exact) mass is 525 g/mol. The van der Waals surface area contributed by atoms with Crippen molar-refractivity contribution < 1.29 is 27.4 Å². The summed E-state index contributed by atoms with van der Waals surface area (Å²) in [5, 5.41) is 3.98. The maximum atomic E-state index is 13.6. The van der Waals surface area contributed by atoms with Crippen LogP contribution in [0.25, 0.3) is 0 Å². The molecule has 37 heavy (non-hydrogen) atoms. The summed E-state index contributed by atoms with van der Waals surface area (Å²) in [6.45, 7) is 3.99. The summed E-state index contributed by atoms with van der Waals surface area (Å²) in [6.07, 6.45) is 2.38. The summed E-state index contributed by atoms with van der Waals surface area (Å²) in [4.78, 5) is 12.9. The van der Waals surface area contributed by atoms with E-state index >= 15 is 0 Å². The lowest BCUT2D eigenvalue weighted by atomic mass is 10.2. The number of hydrogen-bond acceptors (Lipinski definition) is 7. The zero-order valence-electron chi connectivity index (χ0n) is 21.3. The molecule has 0 aliphatic heterocycles. The van der Waals surface area contributed by atoms with Crippen LogP contribution in [0.2, 0.25) is 0 Å². The highest BCUT2D eigenvalue weighted by Crippen LogP contribution is 2.35. The summed E-state index contributed by atoms with van der Waals surface area (Å²) in [5.74, 6) is 0.825. The van der Waals surface area contributed by atoms with Crippen molar-refractivity contribution in [1.82, 2.24) is 5.43 Å². The van der Waals surface area contributed by atoms with Gasteiger partial charge in [0.15, 0.2) is 0 Å². The average molecular weight is 526 g/mol. The third-order valence-corrected chi connectivity index (χ3v) is 7.08. The Labute approximate surface area is 217 Å². The Morgan fingerprint density at radius 3 is 2.27 bits per heavy atom. The van der Waals surface area contributed by atoms with Gasteiger partial charge in [0.05, 0.1) is 37.6 Å². The molecule has 0 spiro atoms. The van der Waals surface area contributed by atoms with E-state index in [1.54, 1.807) is 36.4 Å². The van der Waals surface area contributed by atoms with E-state index in [0.717, 1.165) is 27.6 Å². The van der Waals surface area contributed by atoms with Gasteiger partial charge >= 0.3 is 0 Å². The number of benzene rings is 3. The van der Waals surface area contributed by atoms with Crippen LogP contribution in [0.15, 0.2) is 76.7 Å². The smallest absolute Gasteiger partial charge is 0.264 e. The maximum absolute atomic E-state index is 13.6. The molecule has 196 valence electrons. The average Bonchev–Trinajstić information content (AvgIpc) is 2.91. The molecule has 0 aromatic heterocycles. The van der Waals surface area contributed by atoms with E-state index in [4.69, 9.17) is 14.2 Å². The molecule has 0 fully saturated rings. The second-order valence-electron chi connectivity index (χ2n) is 8.07. The number of nitrogens with zero attached hydrogens (tertiary/aromatic N) is 2. The molecule has 0 unspecified atom stereocenters. The third-order valence-electron chi connectivity index (χ3n) is 5.31. The maximum Gasteiger partial charge on any atom is 0.264 e. The van der Waals surface area contributed by atoms with Crippen LogP contribution in [-0.4, -0.2) is 47.9 Å². The number of rotatable bonds is 12. The molecule has 1 N–H and O–H groups in total. The van der Waals surface area contributed by atoms with Gasteiger partial charge in [0.25, 0.3) is 15.9 Å². The molecule has 3 aromatic rings. The van der Waals surface area contributed by atoms with E-state index in [9.17, 15) is 13.2 Å². The van der Waals surface area contributed by atoms with Gasteiger partial charge in [-0.3, -0.25) is 9.10 Å². The van der Waals surface area contributed by atoms with E-state index in [-0.39, 0.29) is 16.3 Å². The van der Waals surface area contributed by atoms with Crippen molar-refractivity contribution in [1.29, 1.82) is 0 Å². The van der Waals surface area contributed by atoms with Gasteiger partial charge in [0.1, 0.15) is 23.8 Å². The summed E-state index contributed by atoms with van der Waals surface area (Å²) in [6, 6.07) is 18.3. The molecule has 10 heteroatoms. The number of amides is 1. The Hall–Kier alpha value is -4.05. The minimum Gasteiger partial charge on any atom is -0.497 e. The molecule has 9 nitrogen and oxygen atoms in total. The highest BCUT2D eigenvalue weighted by atomic mass is 32.2. The number of carbonyl (C=O) groups is 1. The first-order chi connectivity index (χ1) is 17.8. The first-order valence-electron chi connectivity index (χ1n) is 11.6. The van der Waals surface area contributed by atoms with Crippen LogP contribution in [0.3, 0.4) is 0 Å². The SMILES string of the molecule is CCCOc1ccc(/C=N\NC(=O)CN(c2ccc(OC)cc2OC)S(=O)(=O)c2ccc(C)cc2)cc1. The molecule has 0 aliphatic carbocycles. The molecule has 0 radical (unpaired) electrons. The number of methoxy groups -OCH3 is 2. The fourth-order valence-corrected chi connectivity index (χ4v) is 4.77. The second kappa shape index (κ2) is 12.8. The Kier molecular flexibility index (Phi) is 9.51. The van der Waals surface area contributed by atoms with Crippen molar-refractivity contribution in [3.63, 3.8) is 0 Å². The number of carbonyl (C=O) groups excluding carboxylic acids is 1. The predicted octanol–water partition coefficient (Wildman–Crippen LogP) is 4.15. The molecule has 0 saturated heterocycles. The Balaban J connectivity index is 1.84. The fourth-order valence-electron chi connectivity index (χ4n) is 3.34. The lowest BCUT2D eigenvalue weighted by Gasteiger charge is -2.25. The molecule has 0 saturated carbocycles. The van der Waals surface area contributed by atoms with Gasteiger partial charge in [-0.1, -0.05) is 24.6 Å². The van der Waals surface area contributed by atoms with Crippen molar-refractivity contribution in [2.75, 3.05) is 31.7 Å². The van der Waals surface area contributed by atoms with Crippen LogP contribution in [0.1, 0.15) is 24.5 Å². The number of aryl methyl sites for hydroxylation is 1. The standard InChI is InChI=1S/C27H31N3O6S/c1-5-16-36-22-10-8-21(9-11-22)18-28-29-27(31)19-30(25-15-12-23(34-3)17-26(25)35-4)37(32,33)24-13-6-20(2)7-14-24/h6-15,17-18H,5,16,19H2,1-4H3,(H,29,31)/b28-18-. The summed E-state index contributed by atoms with van der Waals surface area (Å²) < 4.78 is 44.4. The molecule has 0 bridgehead atoms. The second-order valence-corrected chi connectivity index (χ2v) is 9.94. The Morgan fingerprint density at radius 2 is 1.65 bits per heavy atom. The lowest BCUT2D eigenvalue weighted by Crippen LogP contribution is -2.39. The van der Waals surface area contributed by atoms with Crippen molar-refractivity contribution in [2.24, 2.45) is 5.10 Å². The third kappa shape index (κ3) is 7.23. The van der Waals surface area contributed by atoms with Gasteiger partial charge in [-0.2, -0.15) is 5.10 Å². The first-order valence-corrected chi connectivity index (χ1v) is 13.1. The van der Waals surface area contributed by atoms with Gasteiger partial charge in [-0.05, 0) is 67.4 Å². The first kappa shape index (κ1) is 27.5. The number of hydrogen-bond donors (Lipinski definition) is 1. The number of ether oxygens (including phenoxy) is 3. The van der Waals surface area contributed by atoms with Gasteiger partial charge in [0.2, 0.25) is 0 Å². The van der Waals surface area contributed by atoms with Crippen molar-refractivity contribution in [3.8, 4) is 17.2 Å². The molecule has 3 rings (SSSR count). The molecular formula is C27H31N3O6S. The van der Waals surface area contributed by atoms with E-state index in [1.165, 1.54) is 38.6 Å². The normalized spacial score (nSPS) is 11.2. The number of nitrogens with one attached hydrogen (secondary N) is 1. The van der Waals surface area contributed by atoms with Crippen molar-refractivity contribution in [3.05, 3.63) is 77.9 Å².